The Hall–Kier alpha value is -11.2. The Morgan fingerprint density at radius 1 is 0.309 bits per heavy atom. The summed E-state index contributed by atoms with van der Waals surface area (Å²) in [5.74, 6) is 20.6. The van der Waals surface area contributed by atoms with E-state index in [1.807, 2.05) is 157 Å². The van der Waals surface area contributed by atoms with Crippen molar-refractivity contribution in [1.82, 2.24) is 80.9 Å². The number of amides is 4. The Morgan fingerprint density at radius 3 is 0.772 bits per heavy atom. The third-order valence-corrected chi connectivity index (χ3v) is 25.5. The van der Waals surface area contributed by atoms with Crippen molar-refractivity contribution in [3.63, 3.8) is 0 Å². The molecule has 8 aromatic carbocycles. The zero-order valence-electron chi connectivity index (χ0n) is 76.5. The number of carbonyl (C=O) groups excluding carboxylic acids is 4. The van der Waals surface area contributed by atoms with Crippen LogP contribution < -0.4 is 38.9 Å². The first-order chi connectivity index (χ1) is 65.9. The van der Waals surface area contributed by atoms with Gasteiger partial charge < -0.3 is 17.2 Å². The summed E-state index contributed by atoms with van der Waals surface area (Å²) >= 11 is 50.6. The average molecular weight is 1980 g/mol. The number of halogens is 8. The molecule has 4 saturated heterocycles. The van der Waals surface area contributed by atoms with Gasteiger partial charge in [-0.25, -0.2) is 38.8 Å². The van der Waals surface area contributed by atoms with Gasteiger partial charge in [-0.15, -0.1) is 6.42 Å². The largest absolute Gasteiger partial charge is 0.330 e. The number of aromatic nitrogens is 8. The van der Waals surface area contributed by atoms with Crippen molar-refractivity contribution in [3.05, 3.63) is 277 Å². The molecule has 4 fully saturated rings. The number of unbranched alkanes of at least 4 members (excludes halogenated alkanes) is 3. The Labute approximate surface area is 835 Å². The van der Waals surface area contributed by atoms with Gasteiger partial charge in [0.15, 0.2) is 22.8 Å². The summed E-state index contributed by atoms with van der Waals surface area (Å²) in [6, 6.07) is 52.3. The van der Waals surface area contributed by atoms with Crippen LogP contribution in [-0.4, -0.2) is 155 Å². The zero-order valence-corrected chi connectivity index (χ0v) is 82.6. The fraction of sp³-hybridized carbons (Fsp3) is 0.314. The van der Waals surface area contributed by atoms with Crippen molar-refractivity contribution >= 4 is 116 Å². The first-order valence-corrected chi connectivity index (χ1v) is 48.8. The predicted molar refractivity (Wildman–Crippen MR) is 550 cm³/mol. The van der Waals surface area contributed by atoms with E-state index >= 15 is 0 Å². The molecule has 0 atom stereocenters. The maximum Gasteiger partial charge on any atom is 0.286 e. The number of piperidine rings is 4. The normalized spacial score (nSPS) is 13.9. The molecule has 16 rings (SSSR count). The molecule has 31 heteroatoms. The molecule has 0 bridgehead atoms. The van der Waals surface area contributed by atoms with Crippen molar-refractivity contribution in [2.24, 2.45) is 17.2 Å². The highest BCUT2D eigenvalue weighted by molar-refractivity contribution is 6.37. The molecule has 0 radical (unpaired) electrons. The maximum absolute atomic E-state index is 13.2. The van der Waals surface area contributed by atoms with Crippen LogP contribution in [0.1, 0.15) is 202 Å². The van der Waals surface area contributed by atoms with E-state index in [4.69, 9.17) is 132 Å². The molecule has 4 aliphatic rings. The Bertz CT molecular complexity index is 6460. The van der Waals surface area contributed by atoms with Crippen LogP contribution >= 0.6 is 92.8 Å². The van der Waals surface area contributed by atoms with Gasteiger partial charge in [0.1, 0.15) is 0 Å². The van der Waals surface area contributed by atoms with Crippen molar-refractivity contribution in [3.8, 4) is 116 Å². The van der Waals surface area contributed by atoms with Gasteiger partial charge in [-0.2, -0.15) is 20.4 Å². The summed E-state index contributed by atoms with van der Waals surface area (Å²) in [6.07, 6.45) is 23.9. The fourth-order valence-electron chi connectivity index (χ4n) is 16.3. The van der Waals surface area contributed by atoms with Crippen molar-refractivity contribution in [2.45, 2.75) is 143 Å². The second-order valence-corrected chi connectivity index (χ2v) is 36.7. The summed E-state index contributed by atoms with van der Waals surface area (Å²) in [7, 11) is 0. The number of benzene rings is 8. The Kier molecular flexibility index (Phi) is 37.7. The SMILES string of the molecule is C#Cc1ccc(-c2c(C)c(C(=O)NN3CCCCC3)nn2-c2ccc(Cl)cc2Cl)cc1.Cc1c(C(=O)NN2CCCCC2)nn(-c2ccc(Cl)cc2Cl)c1-c1ccc(C#CCCCCN)cc1.Cc1c(C(=O)NN2CCCCC2)nn(-c2ccc(Cl)cc2Cl)c1-c1ccc(C#CCCCN)cc1.Cc1c(C(=O)NN2CCCCC2)nn(-c2ccc(Cl)cc2Cl)c1-c1ccc(C#CCCN)cc1. The lowest BCUT2D eigenvalue weighted by atomic mass is 10.0. The highest BCUT2D eigenvalue weighted by Crippen LogP contribution is 2.39. The van der Waals surface area contributed by atoms with Gasteiger partial charge in [0, 0.05) is 165 Å². The molecule has 4 amide bonds. The molecule has 23 nitrogen and oxygen atoms in total. The second-order valence-electron chi connectivity index (χ2n) is 33.3. The summed E-state index contributed by atoms with van der Waals surface area (Å²) in [4.78, 5) is 52.7. The van der Waals surface area contributed by atoms with Gasteiger partial charge >= 0.3 is 0 Å². The van der Waals surface area contributed by atoms with Gasteiger partial charge in [-0.05, 0) is 233 Å². The lowest BCUT2D eigenvalue weighted by Crippen LogP contribution is -2.45. The highest BCUT2D eigenvalue weighted by Gasteiger charge is 2.31. The van der Waals surface area contributed by atoms with Crippen LogP contribution in [0.2, 0.25) is 40.2 Å². The van der Waals surface area contributed by atoms with E-state index < -0.39 is 0 Å². The minimum atomic E-state index is -0.232. The van der Waals surface area contributed by atoms with Crippen LogP contribution in [-0.2, 0) is 0 Å². The number of nitrogens with zero attached hydrogens (tertiary/aromatic N) is 12. The van der Waals surface area contributed by atoms with E-state index in [0.717, 1.165) is 225 Å². The monoisotopic (exact) mass is 1980 g/mol. The van der Waals surface area contributed by atoms with Crippen LogP contribution in [0.5, 0.6) is 0 Å². The van der Waals surface area contributed by atoms with Crippen molar-refractivity contribution in [1.29, 1.82) is 0 Å². The second kappa shape index (κ2) is 50.2. The van der Waals surface area contributed by atoms with Crippen molar-refractivity contribution < 1.29 is 19.2 Å². The molecule has 0 spiro atoms. The van der Waals surface area contributed by atoms with Crippen LogP contribution in [0.15, 0.2) is 170 Å². The van der Waals surface area contributed by atoms with Gasteiger partial charge in [-0.1, -0.05) is 208 Å². The van der Waals surface area contributed by atoms with E-state index in [1.54, 1.807) is 79.4 Å². The number of hydrogen-bond donors (Lipinski definition) is 7. The van der Waals surface area contributed by atoms with Crippen LogP contribution in [0.3, 0.4) is 0 Å². The molecular formula is C105H109Cl8N19O4. The van der Waals surface area contributed by atoms with Crippen LogP contribution in [0.25, 0.3) is 67.8 Å². The minimum Gasteiger partial charge on any atom is -0.330 e. The minimum absolute atomic E-state index is 0.223. The fourth-order valence-corrected chi connectivity index (χ4v) is 18.2. The van der Waals surface area contributed by atoms with E-state index in [-0.39, 0.29) is 23.6 Å². The zero-order chi connectivity index (χ0) is 96.3. The maximum atomic E-state index is 13.2. The van der Waals surface area contributed by atoms with Crippen LogP contribution in [0, 0.1) is 75.6 Å². The van der Waals surface area contributed by atoms with E-state index in [9.17, 15) is 19.2 Å². The molecule has 0 aliphatic carbocycles. The number of rotatable bonds is 22. The molecule has 4 aliphatic heterocycles. The third-order valence-electron chi connectivity index (χ3n) is 23.4. The number of hydrazine groups is 4. The molecule has 704 valence electrons. The van der Waals surface area contributed by atoms with E-state index in [1.165, 1.54) is 25.7 Å². The third kappa shape index (κ3) is 26.8. The first-order valence-electron chi connectivity index (χ1n) is 45.8. The lowest BCUT2D eigenvalue weighted by Gasteiger charge is -2.26. The number of hydrogen-bond acceptors (Lipinski definition) is 15. The Balaban J connectivity index is 0.000000154. The quantitative estimate of drug-likeness (QED) is 0.0245. The first kappa shape index (κ1) is 102. The standard InChI is InChI=1S/C28H31Cl2N5O.C27H29Cl2N5O.C26H27Cl2N5O.C24H22Cl2N4O/c1-20-26(28(36)33-34-17-7-4-8-18-34)32-35(25-15-14-23(29)19-24(25)30)27(20)22-12-10-21(11-13-22)9-5-2-3-6-16-31;1-19-25(27(35)32-33-16-6-3-7-17-33)31-34(24-14-13-22(28)18-23(24)29)26(19)21-11-9-20(10-12-21)8-4-2-5-15-30;1-18-24(26(34)31-32-15-5-2-6-16-32)30-33(23-13-12-21(27)17-22(23)28)25(18)20-10-8-19(9-11-20)7-3-4-14-29;1-3-17-7-9-18(10-8-17)23-16(2)22(24(31)28-29-13-5-4-6-14-29)27-30(23)21-12-11-19(25)15-20(21)26/h10-15,19H,2-4,6-8,16-18,31H2,1H3,(H,33,36);9-14,18H,2-3,5-7,15-17,30H2,1H3,(H,32,35);8-13,17H,2,4-6,14-16,29H2,1H3,(H,31,34);1,7-12,15H,4-6,13-14H2,2H3,(H,28,31). The van der Waals surface area contributed by atoms with Gasteiger partial charge in [0.2, 0.25) is 0 Å². The van der Waals surface area contributed by atoms with Crippen LogP contribution in [0.4, 0.5) is 0 Å². The number of terminal acetylenes is 1. The molecule has 0 unspecified atom stereocenters. The van der Waals surface area contributed by atoms with Gasteiger partial charge in [0.05, 0.1) is 65.6 Å². The molecule has 4 aromatic heterocycles. The van der Waals surface area contributed by atoms with E-state index in [0.29, 0.717) is 112 Å². The summed E-state index contributed by atoms with van der Waals surface area (Å²) in [5.41, 5.74) is 46.1. The molecule has 12 aromatic rings. The summed E-state index contributed by atoms with van der Waals surface area (Å²) in [6.45, 7) is 16.2. The topological polar surface area (TPSA) is 279 Å². The average Bonchev–Trinajstić information content (AvgIpc) is 1.63. The predicted octanol–water partition coefficient (Wildman–Crippen LogP) is 21.4. The molecular weight excluding hydrogens is 1870 g/mol. The van der Waals surface area contributed by atoms with Gasteiger partial charge in [-0.3, -0.25) is 40.9 Å². The molecule has 0 saturated carbocycles. The summed E-state index contributed by atoms with van der Waals surface area (Å²) < 4.78 is 6.87. The molecule has 136 heavy (non-hydrogen) atoms. The van der Waals surface area contributed by atoms with Gasteiger partial charge in [0.25, 0.3) is 23.6 Å². The van der Waals surface area contributed by atoms with E-state index in [2.05, 4.69) is 68.2 Å². The molecule has 8 heterocycles. The number of nitrogens with two attached hydrogens (primary N) is 3. The number of nitrogens with one attached hydrogen (secondary N) is 4. The highest BCUT2D eigenvalue weighted by atomic mass is 35.5. The summed E-state index contributed by atoms with van der Waals surface area (Å²) in [5, 5.41) is 30.6. The Morgan fingerprint density at radius 2 is 0.544 bits per heavy atom. The lowest BCUT2D eigenvalue weighted by molar-refractivity contribution is 0.0736. The smallest absolute Gasteiger partial charge is 0.286 e. The van der Waals surface area contributed by atoms with Crippen molar-refractivity contribution in [2.75, 3.05) is 72.0 Å². The molecule has 10 N–H and O–H groups in total. The number of carbonyl (C=O) groups is 4.